The van der Waals surface area contributed by atoms with Crippen molar-refractivity contribution in [2.45, 2.75) is 31.0 Å². The lowest BCUT2D eigenvalue weighted by Crippen LogP contribution is -2.46. The van der Waals surface area contributed by atoms with E-state index in [1.165, 1.54) is 6.42 Å². The van der Waals surface area contributed by atoms with Gasteiger partial charge in [-0.15, -0.1) is 0 Å². The van der Waals surface area contributed by atoms with E-state index < -0.39 is 15.9 Å². The van der Waals surface area contributed by atoms with E-state index in [1.807, 2.05) is 11.9 Å². The number of likely N-dealkylation sites (N-methyl/N-ethyl adjacent to an activating group) is 2. The zero-order valence-electron chi connectivity index (χ0n) is 10.5. The molecule has 3 atom stereocenters. The number of rotatable bonds is 3. The van der Waals surface area contributed by atoms with E-state index in [-0.39, 0.29) is 17.5 Å². The Balaban J connectivity index is 1.94. The Hall–Kier alpha value is -0.170. The van der Waals surface area contributed by atoms with Crippen LogP contribution in [0.1, 0.15) is 12.8 Å². The number of nitrogens with zero attached hydrogens (tertiary/aromatic N) is 2. The van der Waals surface area contributed by atoms with Crippen molar-refractivity contribution < 1.29 is 13.5 Å². The third kappa shape index (κ3) is 2.99. The highest BCUT2D eigenvalue weighted by atomic mass is 32.2. The van der Waals surface area contributed by atoms with Gasteiger partial charge in [-0.25, -0.2) is 8.42 Å². The molecule has 0 amide bonds. The van der Waals surface area contributed by atoms with Crippen LogP contribution >= 0.6 is 0 Å². The molecule has 5 nitrogen and oxygen atoms in total. The van der Waals surface area contributed by atoms with Crippen LogP contribution in [0.15, 0.2) is 0 Å². The highest BCUT2D eigenvalue weighted by molar-refractivity contribution is 7.91. The van der Waals surface area contributed by atoms with Gasteiger partial charge >= 0.3 is 0 Å². The molecule has 2 heterocycles. The first-order valence-corrected chi connectivity index (χ1v) is 8.00. The Morgan fingerprint density at radius 3 is 2.59 bits per heavy atom. The second kappa shape index (κ2) is 4.84. The minimum atomic E-state index is -3.04. The average Bonchev–Trinajstić information content (AvgIpc) is 2.71. The van der Waals surface area contributed by atoms with Crippen molar-refractivity contribution in [2.75, 3.05) is 38.7 Å². The van der Waals surface area contributed by atoms with Gasteiger partial charge in [-0.1, -0.05) is 0 Å². The monoisotopic (exact) mass is 262 g/mol. The maximum absolute atomic E-state index is 11.5. The predicted octanol–water partition coefficient (Wildman–Crippen LogP) is -0.830. The molecule has 2 aliphatic rings. The van der Waals surface area contributed by atoms with Crippen LogP contribution in [0, 0.1) is 0 Å². The summed E-state index contributed by atoms with van der Waals surface area (Å²) in [5.74, 6) is 0.0175. The summed E-state index contributed by atoms with van der Waals surface area (Å²) in [6.45, 7) is 1.96. The van der Waals surface area contributed by atoms with Crippen LogP contribution < -0.4 is 0 Å². The summed E-state index contributed by atoms with van der Waals surface area (Å²) in [6.07, 6.45) is 1.65. The molecule has 0 saturated carbocycles. The fraction of sp³-hybridized carbons (Fsp3) is 1.00. The molecule has 17 heavy (non-hydrogen) atoms. The van der Waals surface area contributed by atoms with Gasteiger partial charge in [0.2, 0.25) is 0 Å². The summed E-state index contributed by atoms with van der Waals surface area (Å²) in [5, 5.41) is 9.80. The summed E-state index contributed by atoms with van der Waals surface area (Å²) in [4.78, 5) is 4.33. The average molecular weight is 262 g/mol. The minimum absolute atomic E-state index is 0.0808. The van der Waals surface area contributed by atoms with Crippen LogP contribution in [0.2, 0.25) is 0 Å². The van der Waals surface area contributed by atoms with E-state index >= 15 is 0 Å². The van der Waals surface area contributed by atoms with Gasteiger partial charge in [-0.2, -0.15) is 0 Å². The number of hydrogen-bond acceptors (Lipinski definition) is 5. The standard InChI is InChI=1S/C11H22N2O3S/c1-12-5-3-4-9(12)6-13(2)10-7-17(15,16)8-11(10)14/h9-11,14H,3-8H2,1-2H3. The van der Waals surface area contributed by atoms with Gasteiger partial charge in [-0.3, -0.25) is 4.90 Å². The van der Waals surface area contributed by atoms with E-state index in [2.05, 4.69) is 11.9 Å². The molecule has 0 aliphatic carbocycles. The van der Waals surface area contributed by atoms with Crippen molar-refractivity contribution in [3.05, 3.63) is 0 Å². The number of hydrogen-bond donors (Lipinski definition) is 1. The SMILES string of the molecule is CN1CCCC1CN(C)C1CS(=O)(=O)CC1O. The molecule has 0 bridgehead atoms. The van der Waals surface area contributed by atoms with Gasteiger partial charge in [0.1, 0.15) is 0 Å². The van der Waals surface area contributed by atoms with Gasteiger partial charge in [0.05, 0.1) is 23.7 Å². The van der Waals surface area contributed by atoms with Crippen LogP contribution in [0.4, 0.5) is 0 Å². The lowest BCUT2D eigenvalue weighted by atomic mass is 10.1. The van der Waals surface area contributed by atoms with Crippen LogP contribution in [-0.2, 0) is 9.84 Å². The Morgan fingerprint density at radius 2 is 2.12 bits per heavy atom. The first-order valence-electron chi connectivity index (χ1n) is 6.18. The second-order valence-corrected chi connectivity index (χ2v) is 7.58. The molecular weight excluding hydrogens is 240 g/mol. The predicted molar refractivity (Wildman–Crippen MR) is 66.7 cm³/mol. The lowest BCUT2D eigenvalue weighted by molar-refractivity contribution is 0.0850. The van der Waals surface area contributed by atoms with Crippen molar-refractivity contribution in [3.63, 3.8) is 0 Å². The highest BCUT2D eigenvalue weighted by Crippen LogP contribution is 2.21. The van der Waals surface area contributed by atoms with Crippen LogP contribution in [0.3, 0.4) is 0 Å². The summed E-state index contributed by atoms with van der Waals surface area (Å²) < 4.78 is 22.9. The van der Waals surface area contributed by atoms with Crippen LogP contribution in [-0.4, -0.2) is 80.2 Å². The quantitative estimate of drug-likeness (QED) is 0.719. The van der Waals surface area contributed by atoms with E-state index in [9.17, 15) is 13.5 Å². The molecule has 3 unspecified atom stereocenters. The summed E-state index contributed by atoms with van der Waals surface area (Å²) in [7, 11) is 0.980. The molecule has 0 spiro atoms. The largest absolute Gasteiger partial charge is 0.390 e. The lowest BCUT2D eigenvalue weighted by Gasteiger charge is -2.30. The van der Waals surface area contributed by atoms with Gasteiger partial charge < -0.3 is 10.0 Å². The molecule has 2 rings (SSSR count). The fourth-order valence-corrected chi connectivity index (χ4v) is 4.78. The normalized spacial score (nSPS) is 38.0. The van der Waals surface area contributed by atoms with Crippen LogP contribution in [0.5, 0.6) is 0 Å². The maximum atomic E-state index is 11.5. The van der Waals surface area contributed by atoms with E-state index in [1.54, 1.807) is 0 Å². The van der Waals surface area contributed by atoms with Gasteiger partial charge in [-0.05, 0) is 33.5 Å². The number of likely N-dealkylation sites (tertiary alicyclic amines) is 1. The Bertz CT molecular complexity index is 371. The second-order valence-electron chi connectivity index (χ2n) is 5.43. The first kappa shape index (κ1) is 13.3. The summed E-state index contributed by atoms with van der Waals surface area (Å²) in [6, 6.07) is 0.268. The van der Waals surface area contributed by atoms with Crippen molar-refractivity contribution in [2.24, 2.45) is 0 Å². The molecular formula is C11H22N2O3S. The zero-order chi connectivity index (χ0) is 12.6. The highest BCUT2D eigenvalue weighted by Gasteiger charge is 2.39. The molecule has 2 saturated heterocycles. The number of sulfone groups is 1. The molecule has 0 aromatic rings. The Morgan fingerprint density at radius 1 is 1.41 bits per heavy atom. The van der Waals surface area contributed by atoms with Gasteiger partial charge in [0, 0.05) is 12.6 Å². The Labute approximate surface area is 103 Å². The maximum Gasteiger partial charge on any atom is 0.154 e. The molecule has 2 fully saturated rings. The molecule has 6 heteroatoms. The third-order valence-electron chi connectivity index (χ3n) is 4.03. The molecule has 1 N–H and O–H groups in total. The first-order chi connectivity index (χ1) is 7.89. The van der Waals surface area contributed by atoms with E-state index in [0.717, 1.165) is 19.5 Å². The molecule has 0 aromatic carbocycles. The molecule has 0 radical (unpaired) electrons. The molecule has 2 aliphatic heterocycles. The minimum Gasteiger partial charge on any atom is -0.390 e. The fourth-order valence-electron chi connectivity index (χ4n) is 2.91. The molecule has 0 aromatic heterocycles. The van der Waals surface area contributed by atoms with Gasteiger partial charge in [0.25, 0.3) is 0 Å². The molecule has 100 valence electrons. The smallest absolute Gasteiger partial charge is 0.154 e. The summed E-state index contributed by atoms with van der Waals surface area (Å²) >= 11 is 0. The summed E-state index contributed by atoms with van der Waals surface area (Å²) in [5.41, 5.74) is 0. The van der Waals surface area contributed by atoms with Gasteiger partial charge in [0.15, 0.2) is 9.84 Å². The Kier molecular flexibility index (Phi) is 3.77. The van der Waals surface area contributed by atoms with Crippen molar-refractivity contribution >= 4 is 9.84 Å². The number of aliphatic hydroxyl groups is 1. The van der Waals surface area contributed by atoms with Crippen molar-refractivity contribution in [3.8, 4) is 0 Å². The van der Waals surface area contributed by atoms with E-state index in [0.29, 0.717) is 6.04 Å². The van der Waals surface area contributed by atoms with E-state index in [4.69, 9.17) is 0 Å². The third-order valence-corrected chi connectivity index (χ3v) is 5.73. The van der Waals surface area contributed by atoms with Crippen molar-refractivity contribution in [1.82, 2.24) is 9.80 Å². The number of aliphatic hydroxyl groups excluding tert-OH is 1. The topological polar surface area (TPSA) is 60.9 Å². The zero-order valence-corrected chi connectivity index (χ0v) is 11.4. The van der Waals surface area contributed by atoms with Crippen LogP contribution in [0.25, 0.3) is 0 Å². The van der Waals surface area contributed by atoms with Crippen molar-refractivity contribution in [1.29, 1.82) is 0 Å².